The van der Waals surface area contributed by atoms with E-state index in [1.54, 1.807) is 20.8 Å². The Bertz CT molecular complexity index is 614. The lowest BCUT2D eigenvalue weighted by Crippen LogP contribution is -2.37. The summed E-state index contributed by atoms with van der Waals surface area (Å²) >= 11 is 5.79. The maximum Gasteiger partial charge on any atom is 0.573 e. The Balaban J connectivity index is 2.91. The second-order valence-corrected chi connectivity index (χ2v) is 6.58. The zero-order chi connectivity index (χ0) is 19.3. The molecule has 0 aliphatic heterocycles. The topological polar surface area (TPSA) is 55.8 Å². The molecule has 0 N–H and O–H groups in total. The maximum absolute atomic E-state index is 12.3. The number of ether oxygens (including phenoxy) is 2. The Morgan fingerprint density at radius 2 is 1.92 bits per heavy atom. The lowest BCUT2D eigenvalue weighted by atomic mass is 10.2. The van der Waals surface area contributed by atoms with Crippen molar-refractivity contribution in [1.29, 1.82) is 0 Å². The molecule has 0 unspecified atom stereocenters. The van der Waals surface area contributed by atoms with Gasteiger partial charge in [-0.05, 0) is 38.5 Å². The third-order valence-corrected chi connectivity index (χ3v) is 3.06. The molecule has 1 aromatic carbocycles. The van der Waals surface area contributed by atoms with Crippen molar-refractivity contribution < 1.29 is 32.2 Å². The van der Waals surface area contributed by atoms with Crippen LogP contribution in [0.5, 0.6) is 5.75 Å². The van der Waals surface area contributed by atoms with Crippen LogP contribution >= 0.6 is 11.6 Å². The molecule has 0 spiro atoms. The predicted octanol–water partition coefficient (Wildman–Crippen LogP) is 4.56. The summed E-state index contributed by atoms with van der Waals surface area (Å²) in [7, 11) is 0. The summed E-state index contributed by atoms with van der Waals surface area (Å²) in [5.74, 6) is -0.533. The highest BCUT2D eigenvalue weighted by Crippen LogP contribution is 2.31. The standard InChI is InChI=1S/C16H19ClF3NO4/c1-15(2,3)25-14(23)21(7-4-8-22)10-11-5-6-13(12(17)9-11)24-16(18,19)20/h5-6,8-9H,4,7,10H2,1-3H3. The number of amides is 1. The summed E-state index contributed by atoms with van der Waals surface area (Å²) in [4.78, 5) is 24.0. The van der Waals surface area contributed by atoms with E-state index < -0.39 is 23.8 Å². The van der Waals surface area contributed by atoms with Crippen LogP contribution in [0.4, 0.5) is 18.0 Å². The summed E-state index contributed by atoms with van der Waals surface area (Å²) in [5.41, 5.74) is -0.255. The Morgan fingerprint density at radius 3 is 2.40 bits per heavy atom. The Kier molecular flexibility index (Phi) is 7.10. The van der Waals surface area contributed by atoms with Crippen LogP contribution in [0, 0.1) is 0 Å². The van der Waals surface area contributed by atoms with Gasteiger partial charge in [-0.2, -0.15) is 0 Å². The van der Waals surface area contributed by atoms with Gasteiger partial charge >= 0.3 is 12.5 Å². The molecule has 9 heteroatoms. The second-order valence-electron chi connectivity index (χ2n) is 6.17. The van der Waals surface area contributed by atoms with Gasteiger partial charge in [0.05, 0.1) is 5.02 Å². The first-order chi connectivity index (χ1) is 11.4. The van der Waals surface area contributed by atoms with E-state index in [-0.39, 0.29) is 24.5 Å². The minimum Gasteiger partial charge on any atom is -0.444 e. The van der Waals surface area contributed by atoms with Crippen molar-refractivity contribution in [3.05, 3.63) is 28.8 Å². The fraction of sp³-hybridized carbons (Fsp3) is 0.500. The number of aldehydes is 1. The minimum absolute atomic E-state index is 0.0226. The van der Waals surface area contributed by atoms with Gasteiger partial charge in [0, 0.05) is 19.5 Å². The summed E-state index contributed by atoms with van der Waals surface area (Å²) in [6.07, 6.45) is -4.73. The molecule has 0 aliphatic carbocycles. The first kappa shape index (κ1) is 21.1. The normalized spacial score (nSPS) is 11.8. The first-order valence-electron chi connectivity index (χ1n) is 7.37. The number of nitrogens with zero attached hydrogens (tertiary/aromatic N) is 1. The van der Waals surface area contributed by atoms with E-state index in [9.17, 15) is 22.8 Å². The predicted molar refractivity (Wildman–Crippen MR) is 85.5 cm³/mol. The first-order valence-corrected chi connectivity index (χ1v) is 7.75. The van der Waals surface area contributed by atoms with Crippen LogP contribution in [0.2, 0.25) is 5.02 Å². The Morgan fingerprint density at radius 1 is 1.28 bits per heavy atom. The lowest BCUT2D eigenvalue weighted by molar-refractivity contribution is -0.274. The highest BCUT2D eigenvalue weighted by molar-refractivity contribution is 6.32. The molecule has 0 fully saturated rings. The molecule has 5 nitrogen and oxygen atoms in total. The maximum atomic E-state index is 12.3. The summed E-state index contributed by atoms with van der Waals surface area (Å²) < 4.78 is 45.8. The van der Waals surface area contributed by atoms with Crippen molar-refractivity contribution in [2.24, 2.45) is 0 Å². The van der Waals surface area contributed by atoms with Crippen LogP contribution in [-0.4, -0.2) is 35.8 Å². The molecule has 140 valence electrons. The summed E-state index contributed by atoms with van der Waals surface area (Å²) in [6.45, 7) is 5.22. The van der Waals surface area contributed by atoms with Crippen LogP contribution < -0.4 is 4.74 Å². The van der Waals surface area contributed by atoms with Gasteiger partial charge in [-0.3, -0.25) is 0 Å². The molecule has 1 amide bonds. The number of hydrogen-bond acceptors (Lipinski definition) is 4. The number of benzene rings is 1. The number of alkyl halides is 3. The molecule has 0 atom stereocenters. The van der Waals surface area contributed by atoms with Crippen LogP contribution in [0.1, 0.15) is 32.8 Å². The van der Waals surface area contributed by atoms with E-state index in [1.165, 1.54) is 17.0 Å². The molecular weight excluding hydrogens is 363 g/mol. The van der Waals surface area contributed by atoms with Gasteiger partial charge in [0.1, 0.15) is 17.6 Å². The van der Waals surface area contributed by atoms with Gasteiger partial charge in [0.2, 0.25) is 0 Å². The molecule has 1 aromatic rings. The SMILES string of the molecule is CC(C)(C)OC(=O)N(CCC=O)Cc1ccc(OC(F)(F)F)c(Cl)c1. The molecule has 0 saturated carbocycles. The summed E-state index contributed by atoms with van der Waals surface area (Å²) in [6, 6.07) is 3.68. The van der Waals surface area contributed by atoms with E-state index in [0.717, 1.165) is 6.07 Å². The molecule has 0 bridgehead atoms. The Hall–Kier alpha value is -1.96. The zero-order valence-electron chi connectivity index (χ0n) is 14.0. The quantitative estimate of drug-likeness (QED) is 0.677. The highest BCUT2D eigenvalue weighted by Gasteiger charge is 2.32. The molecular formula is C16H19ClF3NO4. The molecule has 0 aromatic heterocycles. The van der Waals surface area contributed by atoms with E-state index in [2.05, 4.69) is 4.74 Å². The van der Waals surface area contributed by atoms with E-state index in [1.807, 2.05) is 0 Å². The van der Waals surface area contributed by atoms with Crippen molar-refractivity contribution >= 4 is 24.0 Å². The van der Waals surface area contributed by atoms with Crippen molar-refractivity contribution in [3.8, 4) is 5.75 Å². The van der Waals surface area contributed by atoms with Crippen LogP contribution in [0.15, 0.2) is 18.2 Å². The second kappa shape index (κ2) is 8.42. The van der Waals surface area contributed by atoms with Gasteiger partial charge in [-0.1, -0.05) is 17.7 Å². The number of halogens is 4. The van der Waals surface area contributed by atoms with Gasteiger partial charge in [0.15, 0.2) is 0 Å². The van der Waals surface area contributed by atoms with Gasteiger partial charge < -0.3 is 19.2 Å². The van der Waals surface area contributed by atoms with E-state index >= 15 is 0 Å². The van der Waals surface area contributed by atoms with Crippen molar-refractivity contribution in [2.75, 3.05) is 6.54 Å². The smallest absolute Gasteiger partial charge is 0.444 e. The molecule has 1 rings (SSSR count). The molecule has 0 radical (unpaired) electrons. The third kappa shape index (κ3) is 8.11. The number of carbonyl (C=O) groups excluding carboxylic acids is 2. The lowest BCUT2D eigenvalue weighted by Gasteiger charge is -2.27. The van der Waals surface area contributed by atoms with Crippen LogP contribution in [-0.2, 0) is 16.1 Å². The van der Waals surface area contributed by atoms with Crippen molar-refractivity contribution in [2.45, 2.75) is 45.7 Å². The van der Waals surface area contributed by atoms with Crippen molar-refractivity contribution in [1.82, 2.24) is 4.90 Å². The largest absolute Gasteiger partial charge is 0.573 e. The summed E-state index contributed by atoms with van der Waals surface area (Å²) in [5, 5.41) is -0.241. The molecule has 0 saturated heterocycles. The van der Waals surface area contributed by atoms with Gasteiger partial charge in [-0.25, -0.2) is 4.79 Å². The molecule has 25 heavy (non-hydrogen) atoms. The molecule has 0 aliphatic rings. The fourth-order valence-electron chi connectivity index (χ4n) is 1.84. The van der Waals surface area contributed by atoms with Crippen LogP contribution in [0.25, 0.3) is 0 Å². The van der Waals surface area contributed by atoms with Crippen LogP contribution in [0.3, 0.4) is 0 Å². The van der Waals surface area contributed by atoms with Gasteiger partial charge in [0.25, 0.3) is 0 Å². The Labute approximate surface area is 148 Å². The van der Waals surface area contributed by atoms with E-state index in [4.69, 9.17) is 16.3 Å². The molecule has 0 heterocycles. The van der Waals surface area contributed by atoms with Gasteiger partial charge in [-0.15, -0.1) is 13.2 Å². The van der Waals surface area contributed by atoms with Crippen molar-refractivity contribution in [3.63, 3.8) is 0 Å². The monoisotopic (exact) mass is 381 g/mol. The number of carbonyl (C=O) groups is 2. The average molecular weight is 382 g/mol. The minimum atomic E-state index is -4.85. The fourth-order valence-corrected chi connectivity index (χ4v) is 2.08. The number of rotatable bonds is 6. The number of hydrogen-bond donors (Lipinski definition) is 0. The highest BCUT2D eigenvalue weighted by atomic mass is 35.5. The van der Waals surface area contributed by atoms with E-state index in [0.29, 0.717) is 11.8 Å². The average Bonchev–Trinajstić information content (AvgIpc) is 2.43. The third-order valence-electron chi connectivity index (χ3n) is 2.76. The zero-order valence-corrected chi connectivity index (χ0v) is 14.8.